The molecule has 4 heteroatoms. The number of nitrogens with zero attached hydrogens (tertiary/aromatic N) is 1. The lowest BCUT2D eigenvalue weighted by Gasteiger charge is -2.15. The number of nitrogens with one attached hydrogen (secondary N) is 1. The molecule has 4 aromatic rings. The van der Waals surface area contributed by atoms with Gasteiger partial charge in [-0.15, -0.1) is 0 Å². The summed E-state index contributed by atoms with van der Waals surface area (Å²) in [6.07, 6.45) is 0. The van der Waals surface area contributed by atoms with E-state index < -0.39 is 0 Å². The Labute approximate surface area is 158 Å². The van der Waals surface area contributed by atoms with Crippen LogP contribution in [-0.2, 0) is 0 Å². The number of benzene rings is 3. The first-order valence-electron chi connectivity index (χ1n) is 7.88. The zero-order valence-electron chi connectivity index (χ0n) is 13.2. The Bertz CT molecular complexity index is 1030. The van der Waals surface area contributed by atoms with Crippen LogP contribution < -0.4 is 5.32 Å². The van der Waals surface area contributed by atoms with Gasteiger partial charge in [0.05, 0.1) is 20.5 Å². The van der Waals surface area contributed by atoms with E-state index in [2.05, 4.69) is 34.0 Å². The molecule has 0 aliphatic heterocycles. The number of hydrogen-bond acceptors (Lipinski definition) is 2. The van der Waals surface area contributed by atoms with Gasteiger partial charge in [-0.3, -0.25) is 0 Å². The van der Waals surface area contributed by atoms with Gasteiger partial charge in [-0.2, -0.15) is 0 Å². The van der Waals surface area contributed by atoms with Crippen molar-refractivity contribution >= 4 is 44.9 Å². The Hall–Kier alpha value is -2.47. The molecule has 25 heavy (non-hydrogen) atoms. The lowest BCUT2D eigenvalue weighted by atomic mass is 10.1. The van der Waals surface area contributed by atoms with Crippen molar-refractivity contribution in [2.45, 2.75) is 0 Å². The smallest absolute Gasteiger partial charge is 0.123 e. The normalized spacial score (nSPS) is 10.8. The van der Waals surface area contributed by atoms with E-state index >= 15 is 0 Å². The molecule has 0 saturated heterocycles. The van der Waals surface area contributed by atoms with Crippen LogP contribution >= 0.6 is 22.6 Å². The molecule has 0 saturated carbocycles. The zero-order valence-corrected chi connectivity index (χ0v) is 15.4. The van der Waals surface area contributed by atoms with Gasteiger partial charge < -0.3 is 5.32 Å². The van der Waals surface area contributed by atoms with E-state index in [1.165, 1.54) is 12.1 Å². The number of fused-ring (bicyclic) bond motifs is 1. The Morgan fingerprint density at radius 1 is 0.800 bits per heavy atom. The van der Waals surface area contributed by atoms with Crippen LogP contribution in [0, 0.1) is 9.39 Å². The second-order valence-corrected chi connectivity index (χ2v) is 6.74. The van der Waals surface area contributed by atoms with Gasteiger partial charge >= 0.3 is 0 Å². The van der Waals surface area contributed by atoms with E-state index in [-0.39, 0.29) is 5.82 Å². The SMILES string of the molecule is Fc1ccc(-c2nc3ccccc3c(Nc3ccccc3)c2I)cc1. The molecule has 1 N–H and O–H groups in total. The molecule has 0 bridgehead atoms. The molecule has 0 spiro atoms. The molecule has 0 unspecified atom stereocenters. The lowest BCUT2D eigenvalue weighted by Crippen LogP contribution is -1.99. The van der Waals surface area contributed by atoms with Crippen molar-refractivity contribution in [1.29, 1.82) is 0 Å². The molecule has 2 nitrogen and oxygen atoms in total. The largest absolute Gasteiger partial charge is 0.354 e. The average molecular weight is 440 g/mol. The third kappa shape index (κ3) is 3.22. The van der Waals surface area contributed by atoms with E-state index in [9.17, 15) is 4.39 Å². The predicted molar refractivity (Wildman–Crippen MR) is 110 cm³/mol. The van der Waals surface area contributed by atoms with Crippen molar-refractivity contribution in [3.05, 3.63) is 88.3 Å². The van der Waals surface area contributed by atoms with Gasteiger partial charge in [-0.1, -0.05) is 36.4 Å². The minimum atomic E-state index is -0.248. The maximum Gasteiger partial charge on any atom is 0.123 e. The quantitative estimate of drug-likeness (QED) is 0.374. The minimum Gasteiger partial charge on any atom is -0.354 e. The first kappa shape index (κ1) is 16.0. The van der Waals surface area contributed by atoms with Gasteiger partial charge in [0.15, 0.2) is 0 Å². The van der Waals surface area contributed by atoms with Crippen LogP contribution in [-0.4, -0.2) is 4.98 Å². The van der Waals surface area contributed by atoms with Crippen molar-refractivity contribution < 1.29 is 4.39 Å². The highest BCUT2D eigenvalue weighted by atomic mass is 127. The van der Waals surface area contributed by atoms with Gasteiger partial charge in [0.25, 0.3) is 0 Å². The number of hydrogen-bond donors (Lipinski definition) is 1. The first-order valence-corrected chi connectivity index (χ1v) is 8.96. The molecule has 0 aliphatic rings. The third-order valence-electron chi connectivity index (χ3n) is 3.99. The van der Waals surface area contributed by atoms with Crippen molar-refractivity contribution in [2.75, 3.05) is 5.32 Å². The third-order valence-corrected chi connectivity index (χ3v) is 5.04. The van der Waals surface area contributed by atoms with E-state index in [4.69, 9.17) is 4.98 Å². The summed E-state index contributed by atoms with van der Waals surface area (Å²) in [5.74, 6) is -0.248. The highest BCUT2D eigenvalue weighted by Crippen LogP contribution is 2.36. The van der Waals surface area contributed by atoms with E-state index in [1.807, 2.05) is 48.5 Å². The molecule has 0 fully saturated rings. The fourth-order valence-electron chi connectivity index (χ4n) is 2.78. The maximum atomic E-state index is 13.3. The van der Waals surface area contributed by atoms with Crippen LogP contribution in [0.4, 0.5) is 15.8 Å². The minimum absolute atomic E-state index is 0.248. The Morgan fingerprint density at radius 3 is 2.24 bits per heavy atom. The molecule has 0 amide bonds. The molecule has 122 valence electrons. The molecule has 3 aromatic carbocycles. The number of aromatic nitrogens is 1. The fourth-order valence-corrected chi connectivity index (χ4v) is 3.63. The topological polar surface area (TPSA) is 24.9 Å². The molecular weight excluding hydrogens is 426 g/mol. The number of halogens is 2. The standard InChI is InChI=1S/C21H14FIN2/c22-15-12-10-14(11-13-15)20-19(23)21(24-16-6-2-1-3-7-16)17-8-4-5-9-18(17)25-20/h1-13H,(H,24,25). The lowest BCUT2D eigenvalue weighted by molar-refractivity contribution is 0.628. The van der Waals surface area contributed by atoms with E-state index in [1.54, 1.807) is 12.1 Å². The van der Waals surface area contributed by atoms with Gasteiger partial charge in [-0.05, 0) is 65.1 Å². The molecule has 0 aliphatic carbocycles. The highest BCUT2D eigenvalue weighted by Gasteiger charge is 2.14. The van der Waals surface area contributed by atoms with Gasteiger partial charge in [0.1, 0.15) is 5.82 Å². The summed E-state index contributed by atoms with van der Waals surface area (Å²) >= 11 is 2.31. The van der Waals surface area contributed by atoms with Crippen LogP contribution in [0.1, 0.15) is 0 Å². The van der Waals surface area contributed by atoms with E-state index in [0.717, 1.165) is 37.1 Å². The van der Waals surface area contributed by atoms with Crippen LogP contribution in [0.2, 0.25) is 0 Å². The molecular formula is C21H14FIN2. The zero-order chi connectivity index (χ0) is 17.2. The summed E-state index contributed by atoms with van der Waals surface area (Å²) < 4.78 is 14.3. The second kappa shape index (κ2) is 6.80. The second-order valence-electron chi connectivity index (χ2n) is 5.66. The summed E-state index contributed by atoms with van der Waals surface area (Å²) in [4.78, 5) is 4.81. The summed E-state index contributed by atoms with van der Waals surface area (Å²) in [7, 11) is 0. The Kier molecular flexibility index (Phi) is 4.36. The summed E-state index contributed by atoms with van der Waals surface area (Å²) in [5, 5.41) is 4.57. The van der Waals surface area contributed by atoms with Crippen LogP contribution in [0.3, 0.4) is 0 Å². The molecule has 0 radical (unpaired) electrons. The number of para-hydroxylation sites is 2. The molecule has 1 aromatic heterocycles. The van der Waals surface area contributed by atoms with Crippen LogP contribution in [0.25, 0.3) is 22.2 Å². The summed E-state index contributed by atoms with van der Waals surface area (Å²) in [6, 6.07) is 24.5. The number of pyridine rings is 1. The first-order chi connectivity index (χ1) is 12.2. The van der Waals surface area contributed by atoms with Crippen LogP contribution in [0.5, 0.6) is 0 Å². The van der Waals surface area contributed by atoms with E-state index in [0.29, 0.717) is 0 Å². The van der Waals surface area contributed by atoms with Crippen molar-refractivity contribution in [3.63, 3.8) is 0 Å². The van der Waals surface area contributed by atoms with Crippen molar-refractivity contribution in [2.24, 2.45) is 0 Å². The number of rotatable bonds is 3. The summed E-state index contributed by atoms with van der Waals surface area (Å²) in [6.45, 7) is 0. The van der Waals surface area contributed by atoms with Crippen molar-refractivity contribution in [3.8, 4) is 11.3 Å². The van der Waals surface area contributed by atoms with Crippen molar-refractivity contribution in [1.82, 2.24) is 4.98 Å². The van der Waals surface area contributed by atoms with Crippen LogP contribution in [0.15, 0.2) is 78.9 Å². The monoisotopic (exact) mass is 440 g/mol. The highest BCUT2D eigenvalue weighted by molar-refractivity contribution is 14.1. The van der Waals surface area contributed by atoms with Gasteiger partial charge in [0.2, 0.25) is 0 Å². The molecule has 4 rings (SSSR count). The van der Waals surface area contributed by atoms with Gasteiger partial charge in [0, 0.05) is 16.6 Å². The maximum absolute atomic E-state index is 13.3. The Morgan fingerprint density at radius 2 is 1.48 bits per heavy atom. The predicted octanol–water partition coefficient (Wildman–Crippen LogP) is 6.39. The average Bonchev–Trinajstić information content (AvgIpc) is 2.65. The molecule has 1 heterocycles. The molecule has 0 atom stereocenters. The van der Waals surface area contributed by atoms with Gasteiger partial charge in [-0.25, -0.2) is 9.37 Å². The fraction of sp³-hybridized carbons (Fsp3) is 0. The number of anilines is 2. The Balaban J connectivity index is 1.93. The summed E-state index contributed by atoms with van der Waals surface area (Å²) in [5.41, 5.74) is 4.67.